The Kier molecular flexibility index (Phi) is 7.47. The lowest BCUT2D eigenvalue weighted by molar-refractivity contribution is -0.130. The smallest absolute Gasteiger partial charge is 0.267 e. The summed E-state index contributed by atoms with van der Waals surface area (Å²) in [5, 5.41) is 21.8. The summed E-state index contributed by atoms with van der Waals surface area (Å²) in [5.41, 5.74) is 0.340. The fraction of sp³-hybridized carbons (Fsp3) is 0.304. The van der Waals surface area contributed by atoms with E-state index in [1.54, 1.807) is 20.2 Å². The number of benzene rings is 1. The number of pyridine rings is 2. The zero-order chi connectivity index (χ0) is 25.0. The number of aryl methyl sites for hydroxylation is 1. The van der Waals surface area contributed by atoms with Gasteiger partial charge in [-0.15, -0.1) is 0 Å². The summed E-state index contributed by atoms with van der Waals surface area (Å²) >= 11 is 0. The SMILES string of the molecule is CN(C)C(=O)COc1cc(F)ccc1Cc1cnc2c(O)c(C(=O)NCCO)c(=O)n(C)c2c1. The molecule has 0 saturated carbocycles. The number of aromatic nitrogens is 2. The maximum absolute atomic E-state index is 13.8. The summed E-state index contributed by atoms with van der Waals surface area (Å²) < 4.78 is 20.5. The first-order valence-corrected chi connectivity index (χ1v) is 10.3. The first-order valence-electron chi connectivity index (χ1n) is 10.3. The van der Waals surface area contributed by atoms with E-state index >= 15 is 0 Å². The van der Waals surface area contributed by atoms with Crippen molar-refractivity contribution >= 4 is 22.8 Å². The number of aliphatic hydroxyl groups excluding tert-OH is 1. The van der Waals surface area contributed by atoms with Gasteiger partial charge in [0, 0.05) is 46.4 Å². The molecular weight excluding hydrogens is 447 g/mol. The molecule has 1 aromatic carbocycles. The van der Waals surface area contributed by atoms with Crippen molar-refractivity contribution in [3.8, 4) is 11.5 Å². The van der Waals surface area contributed by atoms with E-state index in [0.717, 1.165) is 0 Å². The van der Waals surface area contributed by atoms with E-state index in [-0.39, 0.29) is 48.9 Å². The number of rotatable bonds is 8. The molecule has 0 atom stereocenters. The zero-order valence-electron chi connectivity index (χ0n) is 19.0. The largest absolute Gasteiger partial charge is 0.505 e. The van der Waals surface area contributed by atoms with Gasteiger partial charge < -0.3 is 29.7 Å². The topological polar surface area (TPSA) is 134 Å². The summed E-state index contributed by atoms with van der Waals surface area (Å²) in [5.74, 6) is -1.99. The molecule has 180 valence electrons. The molecule has 0 unspecified atom stereocenters. The number of hydrogen-bond donors (Lipinski definition) is 3. The number of halogens is 1. The molecule has 0 bridgehead atoms. The maximum Gasteiger partial charge on any atom is 0.267 e. The zero-order valence-corrected chi connectivity index (χ0v) is 19.0. The van der Waals surface area contributed by atoms with E-state index in [1.807, 2.05) is 0 Å². The average molecular weight is 472 g/mol. The highest BCUT2D eigenvalue weighted by Crippen LogP contribution is 2.27. The van der Waals surface area contributed by atoms with Crippen LogP contribution in [0.3, 0.4) is 0 Å². The number of nitrogens with one attached hydrogen (secondary N) is 1. The number of carbonyl (C=O) groups is 2. The van der Waals surface area contributed by atoms with E-state index < -0.39 is 28.6 Å². The summed E-state index contributed by atoms with van der Waals surface area (Å²) in [4.78, 5) is 42.4. The highest BCUT2D eigenvalue weighted by atomic mass is 19.1. The van der Waals surface area contributed by atoms with E-state index in [0.29, 0.717) is 11.1 Å². The van der Waals surface area contributed by atoms with Crippen LogP contribution in [0.5, 0.6) is 11.5 Å². The number of hydrogen-bond acceptors (Lipinski definition) is 7. The van der Waals surface area contributed by atoms with Gasteiger partial charge in [-0.05, 0) is 23.3 Å². The van der Waals surface area contributed by atoms with Gasteiger partial charge in [-0.3, -0.25) is 19.4 Å². The molecule has 0 aliphatic carbocycles. The number of carbonyl (C=O) groups excluding carboxylic acids is 2. The number of likely N-dealkylation sites (N-methyl/N-ethyl adjacent to an activating group) is 1. The van der Waals surface area contributed by atoms with Crippen molar-refractivity contribution < 1.29 is 28.9 Å². The Morgan fingerprint density at radius 3 is 2.68 bits per heavy atom. The first kappa shape index (κ1) is 24.6. The third-order valence-corrected chi connectivity index (χ3v) is 5.16. The Morgan fingerprint density at radius 2 is 2.00 bits per heavy atom. The van der Waals surface area contributed by atoms with Crippen LogP contribution in [-0.2, 0) is 18.3 Å². The van der Waals surface area contributed by atoms with E-state index in [2.05, 4.69) is 10.3 Å². The molecule has 0 radical (unpaired) electrons. The minimum atomic E-state index is -0.819. The van der Waals surface area contributed by atoms with Gasteiger partial charge >= 0.3 is 0 Å². The van der Waals surface area contributed by atoms with Gasteiger partial charge in [-0.1, -0.05) is 6.07 Å². The quantitative estimate of drug-likeness (QED) is 0.436. The minimum Gasteiger partial charge on any atom is -0.505 e. The molecule has 0 fully saturated rings. The molecule has 3 aromatic rings. The van der Waals surface area contributed by atoms with Gasteiger partial charge in [0.1, 0.15) is 22.6 Å². The Morgan fingerprint density at radius 1 is 1.26 bits per heavy atom. The number of amides is 2. The number of ether oxygens (including phenoxy) is 1. The fourth-order valence-electron chi connectivity index (χ4n) is 3.29. The number of aliphatic hydroxyl groups is 1. The Bertz CT molecular complexity index is 1300. The molecular formula is C23H25FN4O6. The summed E-state index contributed by atoms with van der Waals surface area (Å²) in [7, 11) is 4.61. The van der Waals surface area contributed by atoms with Crippen LogP contribution in [0, 0.1) is 5.82 Å². The fourth-order valence-corrected chi connectivity index (χ4v) is 3.29. The average Bonchev–Trinajstić information content (AvgIpc) is 2.81. The summed E-state index contributed by atoms with van der Waals surface area (Å²) in [6.07, 6.45) is 1.70. The van der Waals surface area contributed by atoms with Crippen molar-refractivity contribution in [3.05, 3.63) is 63.3 Å². The molecule has 34 heavy (non-hydrogen) atoms. The van der Waals surface area contributed by atoms with Gasteiger partial charge in [0.2, 0.25) is 0 Å². The molecule has 2 heterocycles. The predicted octanol–water partition coefficient (Wildman–Crippen LogP) is 0.558. The minimum absolute atomic E-state index is 0.0483. The van der Waals surface area contributed by atoms with E-state index in [9.17, 15) is 23.9 Å². The van der Waals surface area contributed by atoms with Crippen LogP contribution in [0.15, 0.2) is 35.3 Å². The molecule has 11 heteroatoms. The van der Waals surface area contributed by atoms with Crippen LogP contribution >= 0.6 is 0 Å². The molecule has 10 nitrogen and oxygen atoms in total. The van der Waals surface area contributed by atoms with Crippen LogP contribution in [0.25, 0.3) is 11.0 Å². The van der Waals surface area contributed by atoms with Gasteiger partial charge in [0.05, 0.1) is 12.1 Å². The van der Waals surface area contributed by atoms with Crippen LogP contribution < -0.4 is 15.6 Å². The molecule has 2 aromatic heterocycles. The lowest BCUT2D eigenvalue weighted by Gasteiger charge is -2.15. The van der Waals surface area contributed by atoms with Gasteiger partial charge in [0.15, 0.2) is 12.4 Å². The second-order valence-electron chi connectivity index (χ2n) is 7.78. The monoisotopic (exact) mass is 472 g/mol. The highest BCUT2D eigenvalue weighted by molar-refractivity contribution is 6.01. The Labute approximate surface area is 194 Å². The molecule has 0 aliphatic rings. The van der Waals surface area contributed by atoms with Crippen LogP contribution in [0.4, 0.5) is 4.39 Å². The van der Waals surface area contributed by atoms with E-state index in [1.165, 1.54) is 40.9 Å². The van der Waals surface area contributed by atoms with Crippen molar-refractivity contribution in [2.45, 2.75) is 6.42 Å². The van der Waals surface area contributed by atoms with Crippen molar-refractivity contribution in [1.29, 1.82) is 0 Å². The van der Waals surface area contributed by atoms with E-state index in [4.69, 9.17) is 9.84 Å². The van der Waals surface area contributed by atoms with Crippen molar-refractivity contribution in [2.75, 3.05) is 33.9 Å². The van der Waals surface area contributed by atoms with Crippen LogP contribution in [0.1, 0.15) is 21.5 Å². The normalized spacial score (nSPS) is 10.9. The summed E-state index contributed by atoms with van der Waals surface area (Å²) in [6.45, 7) is -0.655. The Hall–Kier alpha value is -3.99. The highest BCUT2D eigenvalue weighted by Gasteiger charge is 2.22. The number of aromatic hydroxyl groups is 1. The predicted molar refractivity (Wildman–Crippen MR) is 121 cm³/mol. The second kappa shape index (κ2) is 10.3. The van der Waals surface area contributed by atoms with Gasteiger partial charge in [-0.2, -0.15) is 0 Å². The van der Waals surface area contributed by atoms with Crippen molar-refractivity contribution in [2.24, 2.45) is 7.05 Å². The summed E-state index contributed by atoms with van der Waals surface area (Å²) in [6, 6.07) is 5.60. The van der Waals surface area contributed by atoms with Crippen molar-refractivity contribution in [1.82, 2.24) is 19.8 Å². The molecule has 0 saturated heterocycles. The Balaban J connectivity index is 1.97. The molecule has 0 aliphatic heterocycles. The van der Waals surface area contributed by atoms with Gasteiger partial charge in [0.25, 0.3) is 17.4 Å². The third-order valence-electron chi connectivity index (χ3n) is 5.16. The lowest BCUT2D eigenvalue weighted by atomic mass is 10.0. The number of nitrogens with zero attached hydrogens (tertiary/aromatic N) is 3. The van der Waals surface area contributed by atoms with Crippen LogP contribution in [-0.4, -0.2) is 70.3 Å². The molecule has 0 spiro atoms. The standard InChI is InChI=1S/C23H25FN4O6/c1-27(2)18(30)12-34-17-10-15(24)5-4-14(17)8-13-9-16-20(26-11-13)21(31)19(23(33)28(16)3)22(32)25-6-7-29/h4-5,9-11,29,31H,6-8,12H2,1-3H3,(H,25,32). The lowest BCUT2D eigenvalue weighted by Crippen LogP contribution is -2.34. The molecule has 3 rings (SSSR count). The third kappa shape index (κ3) is 5.15. The molecule has 3 N–H and O–H groups in total. The van der Waals surface area contributed by atoms with Gasteiger partial charge in [-0.25, -0.2) is 4.39 Å². The maximum atomic E-state index is 13.8. The number of fused-ring (bicyclic) bond motifs is 1. The first-order chi connectivity index (χ1) is 16.1. The second-order valence-corrected chi connectivity index (χ2v) is 7.78. The van der Waals surface area contributed by atoms with Crippen LogP contribution in [0.2, 0.25) is 0 Å². The van der Waals surface area contributed by atoms with Crippen molar-refractivity contribution in [3.63, 3.8) is 0 Å². The molecule has 2 amide bonds.